The van der Waals surface area contributed by atoms with Crippen LogP contribution in [0, 0.1) is 5.82 Å². The average molecular weight is 426 g/mol. The van der Waals surface area contributed by atoms with E-state index in [2.05, 4.69) is 5.32 Å². The quantitative estimate of drug-likeness (QED) is 0.679. The zero-order chi connectivity index (χ0) is 21.1. The molecule has 1 aliphatic heterocycles. The van der Waals surface area contributed by atoms with Crippen molar-refractivity contribution in [3.05, 3.63) is 89.7 Å². The van der Waals surface area contributed by atoms with Crippen molar-refractivity contribution in [1.82, 2.24) is 4.31 Å². The number of sulfonamides is 1. The lowest BCUT2D eigenvalue weighted by Gasteiger charge is -2.28. The van der Waals surface area contributed by atoms with Crippen molar-refractivity contribution in [1.29, 1.82) is 0 Å². The summed E-state index contributed by atoms with van der Waals surface area (Å²) in [5.41, 5.74) is 2.32. The average Bonchev–Trinajstić information content (AvgIpc) is 2.74. The molecular weight excluding hydrogens is 407 g/mol. The van der Waals surface area contributed by atoms with E-state index in [9.17, 15) is 17.6 Å². The van der Waals surface area contributed by atoms with Gasteiger partial charge in [-0.3, -0.25) is 5.32 Å². The third-order valence-corrected chi connectivity index (χ3v) is 6.69. The summed E-state index contributed by atoms with van der Waals surface area (Å²) in [6.45, 7) is 0.494. The number of fused-ring (bicyclic) bond motifs is 1. The summed E-state index contributed by atoms with van der Waals surface area (Å²) in [6.07, 6.45) is -0.0856. The molecule has 0 fully saturated rings. The number of halogens is 1. The Morgan fingerprint density at radius 3 is 2.43 bits per heavy atom. The van der Waals surface area contributed by atoms with Crippen LogP contribution in [0.4, 0.5) is 14.9 Å². The fourth-order valence-corrected chi connectivity index (χ4v) is 4.73. The molecular formula is C22H19FN2O4S. The van der Waals surface area contributed by atoms with Gasteiger partial charge in [0.25, 0.3) is 0 Å². The number of para-hydroxylation sites is 1. The van der Waals surface area contributed by atoms with E-state index >= 15 is 0 Å². The van der Waals surface area contributed by atoms with Gasteiger partial charge in [0.2, 0.25) is 10.0 Å². The molecule has 3 aromatic carbocycles. The monoisotopic (exact) mass is 426 g/mol. The highest BCUT2D eigenvalue weighted by Gasteiger charge is 2.28. The van der Waals surface area contributed by atoms with E-state index in [0.717, 1.165) is 23.3 Å². The van der Waals surface area contributed by atoms with Crippen LogP contribution in [0.15, 0.2) is 77.7 Å². The third kappa shape index (κ3) is 4.34. The van der Waals surface area contributed by atoms with Crippen molar-refractivity contribution in [3.8, 4) is 5.75 Å². The Labute approximate surface area is 174 Å². The number of anilines is 1. The van der Waals surface area contributed by atoms with Gasteiger partial charge in [0.1, 0.15) is 11.6 Å². The van der Waals surface area contributed by atoms with Crippen LogP contribution in [-0.2, 0) is 23.0 Å². The molecule has 0 saturated carbocycles. The molecule has 3 aromatic rings. The van der Waals surface area contributed by atoms with Gasteiger partial charge in [-0.2, -0.15) is 4.31 Å². The van der Waals surface area contributed by atoms with Gasteiger partial charge in [0, 0.05) is 18.8 Å². The van der Waals surface area contributed by atoms with Gasteiger partial charge >= 0.3 is 6.09 Å². The molecule has 1 aliphatic rings. The minimum Gasteiger partial charge on any atom is -0.410 e. The number of benzene rings is 3. The van der Waals surface area contributed by atoms with E-state index in [1.807, 2.05) is 12.1 Å². The fourth-order valence-electron chi connectivity index (χ4n) is 3.31. The second-order valence-electron chi connectivity index (χ2n) is 6.85. The molecule has 1 heterocycles. The number of ether oxygens (including phenoxy) is 1. The number of hydrogen-bond acceptors (Lipinski definition) is 4. The normalized spacial score (nSPS) is 14.0. The summed E-state index contributed by atoms with van der Waals surface area (Å²) in [7, 11) is -3.74. The number of hydrogen-bond donors (Lipinski definition) is 1. The minimum absolute atomic E-state index is 0.0491. The zero-order valence-electron chi connectivity index (χ0n) is 15.9. The smallest absolute Gasteiger partial charge is 0.410 e. The summed E-state index contributed by atoms with van der Waals surface area (Å²) in [6, 6.07) is 18.8. The van der Waals surface area contributed by atoms with Gasteiger partial charge in [0.15, 0.2) is 0 Å². The van der Waals surface area contributed by atoms with Gasteiger partial charge in [-0.05, 0) is 66.1 Å². The number of nitrogens with one attached hydrogen (secondary N) is 1. The lowest BCUT2D eigenvalue weighted by atomic mass is 10.0. The Bertz CT molecular complexity index is 1170. The summed E-state index contributed by atoms with van der Waals surface area (Å²) in [5.74, 6) is -0.0689. The number of carbonyl (C=O) groups is 1. The molecule has 30 heavy (non-hydrogen) atoms. The molecule has 4 rings (SSSR count). The van der Waals surface area contributed by atoms with E-state index in [1.165, 1.54) is 16.4 Å². The number of carbonyl (C=O) groups excluding carboxylic acids is 1. The van der Waals surface area contributed by atoms with Crippen molar-refractivity contribution >= 4 is 21.8 Å². The SMILES string of the molecule is O=C(Nc1ccc2c(c1)CN(S(=O)(=O)c1ccc(F)cc1)CC2)Oc1ccccc1. The molecule has 0 atom stereocenters. The summed E-state index contributed by atoms with van der Waals surface area (Å²) in [5, 5.41) is 2.66. The van der Waals surface area contributed by atoms with Crippen LogP contribution >= 0.6 is 0 Å². The first-order valence-electron chi connectivity index (χ1n) is 9.33. The van der Waals surface area contributed by atoms with Crippen LogP contribution in [0.2, 0.25) is 0 Å². The molecule has 0 saturated heterocycles. The minimum atomic E-state index is -3.74. The van der Waals surface area contributed by atoms with Gasteiger partial charge in [-0.1, -0.05) is 24.3 Å². The maximum Gasteiger partial charge on any atom is 0.417 e. The lowest BCUT2D eigenvalue weighted by Crippen LogP contribution is -2.36. The third-order valence-electron chi connectivity index (χ3n) is 4.84. The van der Waals surface area contributed by atoms with E-state index in [1.54, 1.807) is 36.4 Å². The van der Waals surface area contributed by atoms with Crippen LogP contribution in [0.1, 0.15) is 11.1 Å². The molecule has 0 aromatic heterocycles. The Kier molecular flexibility index (Phi) is 5.52. The predicted octanol–water partition coefficient (Wildman–Crippen LogP) is 4.18. The molecule has 0 unspecified atom stereocenters. The summed E-state index contributed by atoms with van der Waals surface area (Å²) < 4.78 is 45.5. The highest BCUT2D eigenvalue weighted by molar-refractivity contribution is 7.89. The van der Waals surface area contributed by atoms with E-state index in [4.69, 9.17) is 4.74 Å². The lowest BCUT2D eigenvalue weighted by molar-refractivity contribution is 0.215. The summed E-state index contributed by atoms with van der Waals surface area (Å²) in [4.78, 5) is 12.2. The zero-order valence-corrected chi connectivity index (χ0v) is 16.7. The highest BCUT2D eigenvalue weighted by Crippen LogP contribution is 2.27. The van der Waals surface area contributed by atoms with Gasteiger partial charge in [-0.25, -0.2) is 17.6 Å². The first-order valence-corrected chi connectivity index (χ1v) is 10.8. The molecule has 154 valence electrons. The number of rotatable bonds is 4. The van der Waals surface area contributed by atoms with E-state index in [-0.39, 0.29) is 11.4 Å². The van der Waals surface area contributed by atoms with Crippen LogP contribution < -0.4 is 10.1 Å². The summed E-state index contributed by atoms with van der Waals surface area (Å²) >= 11 is 0. The molecule has 0 spiro atoms. The van der Waals surface area contributed by atoms with Crippen molar-refractivity contribution in [3.63, 3.8) is 0 Å². The van der Waals surface area contributed by atoms with Crippen LogP contribution in [-0.4, -0.2) is 25.4 Å². The second kappa shape index (κ2) is 8.25. The predicted molar refractivity (Wildman–Crippen MR) is 110 cm³/mol. The maximum absolute atomic E-state index is 13.1. The van der Waals surface area contributed by atoms with Crippen LogP contribution in [0.25, 0.3) is 0 Å². The Hall–Kier alpha value is -3.23. The first-order chi connectivity index (χ1) is 14.4. The van der Waals surface area contributed by atoms with E-state index < -0.39 is 21.9 Å². The van der Waals surface area contributed by atoms with Crippen molar-refractivity contribution in [2.75, 3.05) is 11.9 Å². The molecule has 6 nitrogen and oxygen atoms in total. The Morgan fingerprint density at radius 1 is 0.967 bits per heavy atom. The van der Waals surface area contributed by atoms with Crippen LogP contribution in [0.5, 0.6) is 5.75 Å². The fraction of sp³-hybridized carbons (Fsp3) is 0.136. The van der Waals surface area contributed by atoms with Crippen molar-refractivity contribution in [2.45, 2.75) is 17.9 Å². The number of nitrogens with zero attached hydrogens (tertiary/aromatic N) is 1. The Morgan fingerprint density at radius 2 is 1.70 bits per heavy atom. The van der Waals surface area contributed by atoms with Crippen molar-refractivity contribution < 1.29 is 22.3 Å². The standard InChI is InChI=1S/C22H19FN2O4S/c23-18-7-10-21(11-8-18)30(27,28)25-13-12-16-6-9-19(14-17(16)15-25)24-22(26)29-20-4-2-1-3-5-20/h1-11,14H,12-13,15H2,(H,24,26). The number of amides is 1. The van der Waals surface area contributed by atoms with E-state index in [0.29, 0.717) is 24.4 Å². The molecule has 0 bridgehead atoms. The van der Waals surface area contributed by atoms with Crippen molar-refractivity contribution in [2.24, 2.45) is 0 Å². The van der Waals surface area contributed by atoms with Crippen LogP contribution in [0.3, 0.4) is 0 Å². The topological polar surface area (TPSA) is 75.7 Å². The second-order valence-corrected chi connectivity index (χ2v) is 8.79. The highest BCUT2D eigenvalue weighted by atomic mass is 32.2. The Balaban J connectivity index is 1.49. The largest absolute Gasteiger partial charge is 0.417 e. The molecule has 0 aliphatic carbocycles. The molecule has 0 radical (unpaired) electrons. The van der Waals surface area contributed by atoms with Gasteiger partial charge in [0.05, 0.1) is 4.90 Å². The van der Waals surface area contributed by atoms with Gasteiger partial charge < -0.3 is 4.74 Å². The van der Waals surface area contributed by atoms with Gasteiger partial charge in [-0.15, -0.1) is 0 Å². The molecule has 1 amide bonds. The first kappa shape index (κ1) is 20.1. The molecule has 1 N–H and O–H groups in total. The maximum atomic E-state index is 13.1. The molecule has 8 heteroatoms.